The second-order valence-corrected chi connectivity index (χ2v) is 6.04. The fourth-order valence-electron chi connectivity index (χ4n) is 2.63. The molecule has 0 saturated carbocycles. The SMILES string of the molecule is C[C@H](C(=O)O)[C@H](Cc1ccccc1)N(C)C(=O)OCc1ccccc1. The first-order valence-corrected chi connectivity index (χ1v) is 8.19. The van der Waals surface area contributed by atoms with Gasteiger partial charge in [0.1, 0.15) is 6.61 Å². The lowest BCUT2D eigenvalue weighted by atomic mass is 9.94. The van der Waals surface area contributed by atoms with Crippen LogP contribution in [-0.2, 0) is 22.6 Å². The van der Waals surface area contributed by atoms with Gasteiger partial charge in [-0.05, 0) is 24.5 Å². The Bertz CT molecular complexity index is 687. The van der Waals surface area contributed by atoms with Crippen molar-refractivity contribution in [1.29, 1.82) is 0 Å². The van der Waals surface area contributed by atoms with Crippen LogP contribution in [0.15, 0.2) is 60.7 Å². The summed E-state index contributed by atoms with van der Waals surface area (Å²) in [6.45, 7) is 1.76. The second-order valence-electron chi connectivity index (χ2n) is 6.04. The molecule has 0 spiro atoms. The van der Waals surface area contributed by atoms with Gasteiger partial charge in [0.2, 0.25) is 0 Å². The molecule has 0 heterocycles. The molecule has 0 fully saturated rings. The Labute approximate surface area is 147 Å². The number of nitrogens with zero attached hydrogens (tertiary/aromatic N) is 1. The predicted molar refractivity (Wildman–Crippen MR) is 95.1 cm³/mol. The van der Waals surface area contributed by atoms with Crippen LogP contribution >= 0.6 is 0 Å². The number of likely N-dealkylation sites (N-methyl/N-ethyl adjacent to an activating group) is 1. The fraction of sp³-hybridized carbons (Fsp3) is 0.300. The van der Waals surface area contributed by atoms with Crippen LogP contribution in [-0.4, -0.2) is 35.2 Å². The van der Waals surface area contributed by atoms with Crippen LogP contribution in [0.5, 0.6) is 0 Å². The Kier molecular flexibility index (Phi) is 6.57. The molecule has 5 nitrogen and oxygen atoms in total. The van der Waals surface area contributed by atoms with Gasteiger partial charge >= 0.3 is 12.1 Å². The smallest absolute Gasteiger partial charge is 0.410 e. The van der Waals surface area contributed by atoms with Gasteiger partial charge in [0.15, 0.2) is 0 Å². The number of hydrogen-bond acceptors (Lipinski definition) is 3. The number of aliphatic carboxylic acids is 1. The average Bonchev–Trinajstić information content (AvgIpc) is 2.64. The molecule has 0 aromatic heterocycles. The minimum absolute atomic E-state index is 0.156. The Morgan fingerprint density at radius 1 is 1.00 bits per heavy atom. The monoisotopic (exact) mass is 341 g/mol. The second kappa shape index (κ2) is 8.87. The molecule has 0 aliphatic rings. The summed E-state index contributed by atoms with van der Waals surface area (Å²) in [6.07, 6.45) is -0.0801. The van der Waals surface area contributed by atoms with Crippen molar-refractivity contribution in [2.45, 2.75) is 26.0 Å². The fourth-order valence-corrected chi connectivity index (χ4v) is 2.63. The first kappa shape index (κ1) is 18.5. The molecule has 0 radical (unpaired) electrons. The largest absolute Gasteiger partial charge is 0.481 e. The van der Waals surface area contributed by atoms with E-state index in [-0.39, 0.29) is 6.61 Å². The van der Waals surface area contributed by atoms with Crippen LogP contribution in [0.3, 0.4) is 0 Å². The van der Waals surface area contributed by atoms with Crippen molar-refractivity contribution in [3.05, 3.63) is 71.8 Å². The molecule has 0 unspecified atom stereocenters. The van der Waals surface area contributed by atoms with E-state index in [9.17, 15) is 14.7 Å². The Balaban J connectivity index is 2.06. The number of carbonyl (C=O) groups is 2. The van der Waals surface area contributed by atoms with Gasteiger partial charge in [0.05, 0.1) is 12.0 Å². The highest BCUT2D eigenvalue weighted by atomic mass is 16.6. The number of rotatable bonds is 7. The summed E-state index contributed by atoms with van der Waals surface area (Å²) in [4.78, 5) is 25.2. The van der Waals surface area contributed by atoms with Crippen LogP contribution in [0.2, 0.25) is 0 Å². The Morgan fingerprint density at radius 2 is 1.52 bits per heavy atom. The molecular weight excluding hydrogens is 318 g/mol. The van der Waals surface area contributed by atoms with Crippen LogP contribution in [0.25, 0.3) is 0 Å². The van der Waals surface area contributed by atoms with Gasteiger partial charge in [-0.2, -0.15) is 0 Å². The minimum Gasteiger partial charge on any atom is -0.481 e. The molecular formula is C20H23NO4. The van der Waals surface area contributed by atoms with Gasteiger partial charge in [-0.15, -0.1) is 0 Å². The topological polar surface area (TPSA) is 66.8 Å². The van der Waals surface area contributed by atoms with E-state index in [1.807, 2.05) is 60.7 Å². The van der Waals surface area contributed by atoms with E-state index in [2.05, 4.69) is 0 Å². The Hall–Kier alpha value is -2.82. The molecule has 2 rings (SSSR count). The van der Waals surface area contributed by atoms with E-state index in [1.54, 1.807) is 14.0 Å². The zero-order chi connectivity index (χ0) is 18.2. The van der Waals surface area contributed by atoms with Crippen molar-refractivity contribution in [2.24, 2.45) is 5.92 Å². The quantitative estimate of drug-likeness (QED) is 0.836. The normalized spacial score (nSPS) is 12.9. The van der Waals surface area contributed by atoms with Crippen molar-refractivity contribution < 1.29 is 19.4 Å². The first-order valence-electron chi connectivity index (χ1n) is 8.19. The molecule has 0 saturated heterocycles. The molecule has 0 aliphatic carbocycles. The third-order valence-electron chi connectivity index (χ3n) is 4.24. The van der Waals surface area contributed by atoms with E-state index >= 15 is 0 Å². The highest BCUT2D eigenvalue weighted by Crippen LogP contribution is 2.18. The predicted octanol–water partition coefficient (Wildman–Crippen LogP) is 3.59. The first-order chi connectivity index (χ1) is 12.0. The minimum atomic E-state index is -0.941. The van der Waals surface area contributed by atoms with Crippen LogP contribution in [0.1, 0.15) is 18.1 Å². The molecule has 132 valence electrons. The lowest BCUT2D eigenvalue weighted by Crippen LogP contribution is -2.45. The summed E-state index contributed by atoms with van der Waals surface area (Å²) in [5.74, 6) is -1.65. The van der Waals surface area contributed by atoms with Crippen molar-refractivity contribution >= 4 is 12.1 Å². The number of carboxylic acids is 1. The summed E-state index contributed by atoms with van der Waals surface area (Å²) in [6, 6.07) is 18.4. The van der Waals surface area contributed by atoms with Gasteiger partial charge in [0, 0.05) is 7.05 Å². The zero-order valence-electron chi connectivity index (χ0n) is 14.5. The van der Waals surface area contributed by atoms with Crippen LogP contribution < -0.4 is 0 Å². The van der Waals surface area contributed by atoms with Crippen LogP contribution in [0, 0.1) is 5.92 Å². The molecule has 2 aromatic rings. The molecule has 1 amide bonds. The molecule has 5 heteroatoms. The van der Waals surface area contributed by atoms with E-state index < -0.39 is 24.0 Å². The van der Waals surface area contributed by atoms with Crippen molar-refractivity contribution in [3.63, 3.8) is 0 Å². The summed E-state index contributed by atoms with van der Waals surface area (Å²) >= 11 is 0. The number of hydrogen-bond donors (Lipinski definition) is 1. The van der Waals surface area contributed by atoms with Crippen LogP contribution in [0.4, 0.5) is 4.79 Å². The molecule has 2 aromatic carbocycles. The van der Waals surface area contributed by atoms with Crippen molar-refractivity contribution in [2.75, 3.05) is 7.05 Å². The van der Waals surface area contributed by atoms with Crippen molar-refractivity contribution in [1.82, 2.24) is 4.90 Å². The molecule has 25 heavy (non-hydrogen) atoms. The number of carbonyl (C=O) groups excluding carboxylic acids is 1. The maximum Gasteiger partial charge on any atom is 0.410 e. The number of ether oxygens (including phenoxy) is 1. The summed E-state index contributed by atoms with van der Waals surface area (Å²) in [5, 5.41) is 9.39. The van der Waals surface area contributed by atoms with E-state index in [1.165, 1.54) is 4.90 Å². The lowest BCUT2D eigenvalue weighted by molar-refractivity contribution is -0.143. The highest BCUT2D eigenvalue weighted by Gasteiger charge is 2.31. The van der Waals surface area contributed by atoms with Gasteiger partial charge in [0.25, 0.3) is 0 Å². The third kappa shape index (κ3) is 5.35. The van der Waals surface area contributed by atoms with E-state index in [4.69, 9.17) is 4.74 Å². The standard InChI is InChI=1S/C20H23NO4/c1-15(19(22)23)18(13-16-9-5-3-6-10-16)21(2)20(24)25-14-17-11-7-4-8-12-17/h3-12,15,18H,13-14H2,1-2H3,(H,22,23)/t15-,18-/m0/s1. The van der Waals surface area contributed by atoms with E-state index in [0.717, 1.165) is 11.1 Å². The van der Waals surface area contributed by atoms with E-state index in [0.29, 0.717) is 6.42 Å². The summed E-state index contributed by atoms with van der Waals surface area (Å²) < 4.78 is 5.33. The average molecular weight is 341 g/mol. The van der Waals surface area contributed by atoms with Gasteiger partial charge < -0.3 is 14.7 Å². The number of benzene rings is 2. The molecule has 0 aliphatic heterocycles. The number of carboxylic acid groups (broad SMARTS) is 1. The van der Waals surface area contributed by atoms with Gasteiger partial charge in [-0.1, -0.05) is 60.7 Å². The lowest BCUT2D eigenvalue weighted by Gasteiger charge is -2.30. The molecule has 1 N–H and O–H groups in total. The van der Waals surface area contributed by atoms with Gasteiger partial charge in [-0.25, -0.2) is 4.79 Å². The summed E-state index contributed by atoms with van der Waals surface area (Å²) in [7, 11) is 1.58. The maximum absolute atomic E-state index is 12.4. The summed E-state index contributed by atoms with van der Waals surface area (Å²) in [5.41, 5.74) is 1.86. The molecule has 0 bridgehead atoms. The Morgan fingerprint density at radius 3 is 2.04 bits per heavy atom. The maximum atomic E-state index is 12.4. The third-order valence-corrected chi connectivity index (χ3v) is 4.24. The number of amides is 1. The molecule has 2 atom stereocenters. The highest BCUT2D eigenvalue weighted by molar-refractivity contribution is 5.73. The zero-order valence-corrected chi connectivity index (χ0v) is 14.5. The van der Waals surface area contributed by atoms with Crippen molar-refractivity contribution in [3.8, 4) is 0 Å². The van der Waals surface area contributed by atoms with Gasteiger partial charge in [-0.3, -0.25) is 4.79 Å².